The van der Waals surface area contributed by atoms with Crippen LogP contribution in [0.3, 0.4) is 0 Å². The summed E-state index contributed by atoms with van der Waals surface area (Å²) in [5.74, 6) is 1.90. The maximum atomic E-state index is 5.79. The van der Waals surface area contributed by atoms with Gasteiger partial charge in [-0.1, -0.05) is 25.1 Å². The average Bonchev–Trinajstić information content (AvgIpc) is 2.75. The monoisotopic (exact) mass is 453 g/mol. The van der Waals surface area contributed by atoms with Crippen LogP contribution in [0.4, 0.5) is 5.95 Å². The summed E-state index contributed by atoms with van der Waals surface area (Å²) in [6, 6.07) is 8.35. The van der Waals surface area contributed by atoms with Gasteiger partial charge in [0.05, 0.1) is 12.3 Å². The lowest BCUT2D eigenvalue weighted by Crippen LogP contribution is -2.47. The Morgan fingerprint density at radius 2 is 1.73 bits per heavy atom. The lowest BCUT2D eigenvalue weighted by Gasteiger charge is -2.35. The largest absolute Gasteiger partial charge is 0.494 e. The number of halogens is 2. The van der Waals surface area contributed by atoms with E-state index in [0.29, 0.717) is 6.61 Å². The summed E-state index contributed by atoms with van der Waals surface area (Å²) >= 11 is 0. The lowest BCUT2D eigenvalue weighted by atomic mass is 10.1. The Bertz CT molecular complexity index is 799. The first-order valence-corrected chi connectivity index (χ1v) is 10.5. The number of nitrogens with zero attached hydrogens (tertiary/aromatic N) is 5. The van der Waals surface area contributed by atoms with E-state index in [1.807, 2.05) is 19.2 Å². The highest BCUT2D eigenvalue weighted by Gasteiger charge is 2.22. The van der Waals surface area contributed by atoms with Crippen LogP contribution in [-0.4, -0.2) is 65.6 Å². The third-order valence-corrected chi connectivity index (χ3v) is 5.77. The number of anilines is 1. The lowest BCUT2D eigenvalue weighted by molar-refractivity contribution is 0.236. The van der Waals surface area contributed by atoms with Gasteiger partial charge in [-0.3, -0.25) is 4.90 Å². The van der Waals surface area contributed by atoms with Crippen molar-refractivity contribution in [1.29, 1.82) is 0 Å². The van der Waals surface area contributed by atoms with E-state index in [9.17, 15) is 0 Å². The molecular weight excluding hydrogens is 421 g/mol. The molecule has 4 rings (SSSR count). The minimum Gasteiger partial charge on any atom is -0.494 e. The van der Waals surface area contributed by atoms with E-state index >= 15 is 0 Å². The molecule has 2 aliphatic heterocycles. The maximum absolute atomic E-state index is 5.79. The van der Waals surface area contributed by atoms with E-state index in [0.717, 1.165) is 70.5 Å². The summed E-state index contributed by atoms with van der Waals surface area (Å²) in [5, 5.41) is 0. The predicted molar refractivity (Wildman–Crippen MR) is 126 cm³/mol. The van der Waals surface area contributed by atoms with Crippen molar-refractivity contribution in [3.8, 4) is 5.75 Å². The highest BCUT2D eigenvalue weighted by molar-refractivity contribution is 5.85. The molecule has 0 bridgehead atoms. The molecule has 30 heavy (non-hydrogen) atoms. The van der Waals surface area contributed by atoms with Crippen LogP contribution < -0.4 is 9.64 Å². The van der Waals surface area contributed by atoms with Crippen LogP contribution in [0, 0.1) is 0 Å². The predicted octanol–water partition coefficient (Wildman–Crippen LogP) is 3.42. The molecule has 3 heterocycles. The summed E-state index contributed by atoms with van der Waals surface area (Å²) in [5.41, 5.74) is 3.73. The number of hydrogen-bond donors (Lipinski definition) is 0. The van der Waals surface area contributed by atoms with Gasteiger partial charge in [-0.2, -0.15) is 0 Å². The van der Waals surface area contributed by atoms with Crippen molar-refractivity contribution < 1.29 is 4.74 Å². The van der Waals surface area contributed by atoms with E-state index in [2.05, 4.69) is 39.8 Å². The summed E-state index contributed by atoms with van der Waals surface area (Å²) in [6.45, 7) is 13.1. The molecular formula is C22H33Cl2N5O. The van der Waals surface area contributed by atoms with Crippen molar-refractivity contribution in [1.82, 2.24) is 19.8 Å². The molecule has 0 amide bonds. The fourth-order valence-corrected chi connectivity index (χ4v) is 4.09. The van der Waals surface area contributed by atoms with Gasteiger partial charge in [-0.25, -0.2) is 9.97 Å². The van der Waals surface area contributed by atoms with Gasteiger partial charge in [0.2, 0.25) is 5.95 Å². The molecule has 166 valence electrons. The quantitative estimate of drug-likeness (QED) is 0.667. The molecule has 1 fully saturated rings. The summed E-state index contributed by atoms with van der Waals surface area (Å²) < 4.78 is 5.79. The molecule has 1 aromatic carbocycles. The number of fused-ring (bicyclic) bond motifs is 1. The number of benzene rings is 1. The highest BCUT2D eigenvalue weighted by Crippen LogP contribution is 2.24. The molecule has 6 nitrogen and oxygen atoms in total. The first kappa shape index (κ1) is 24.7. The molecule has 1 aromatic heterocycles. The first-order chi connectivity index (χ1) is 13.8. The van der Waals surface area contributed by atoms with Gasteiger partial charge < -0.3 is 14.5 Å². The van der Waals surface area contributed by atoms with Gasteiger partial charge in [0.1, 0.15) is 5.75 Å². The van der Waals surface area contributed by atoms with Crippen molar-refractivity contribution in [2.24, 2.45) is 0 Å². The molecule has 0 aliphatic carbocycles. The van der Waals surface area contributed by atoms with Crippen molar-refractivity contribution >= 4 is 30.8 Å². The molecule has 0 atom stereocenters. The Morgan fingerprint density at radius 1 is 0.967 bits per heavy atom. The second-order valence-electron chi connectivity index (χ2n) is 7.56. The molecule has 2 aromatic rings. The Kier molecular flexibility index (Phi) is 9.62. The fourth-order valence-electron chi connectivity index (χ4n) is 4.09. The SMILES string of the molecule is CCOc1ccccc1CN1CCc2nc(N3CCN(CC)CC3)ncc2C1.Cl.Cl. The average molecular weight is 454 g/mol. The van der Waals surface area contributed by atoms with Gasteiger partial charge >= 0.3 is 0 Å². The van der Waals surface area contributed by atoms with Crippen LogP contribution in [0.2, 0.25) is 0 Å². The Balaban J connectivity index is 0.00000160. The van der Waals surface area contributed by atoms with E-state index in [1.165, 1.54) is 16.8 Å². The van der Waals surface area contributed by atoms with Crippen molar-refractivity contribution in [3.63, 3.8) is 0 Å². The fraction of sp³-hybridized carbons (Fsp3) is 0.545. The molecule has 1 saturated heterocycles. The summed E-state index contributed by atoms with van der Waals surface area (Å²) in [4.78, 5) is 16.9. The van der Waals surface area contributed by atoms with E-state index in [1.54, 1.807) is 0 Å². The molecule has 8 heteroatoms. The number of rotatable bonds is 6. The van der Waals surface area contributed by atoms with E-state index in [4.69, 9.17) is 14.7 Å². The van der Waals surface area contributed by atoms with Crippen LogP contribution in [0.15, 0.2) is 30.5 Å². The zero-order chi connectivity index (χ0) is 19.3. The van der Waals surface area contributed by atoms with E-state index < -0.39 is 0 Å². The molecule has 0 spiro atoms. The number of ether oxygens (including phenoxy) is 1. The molecule has 0 unspecified atom stereocenters. The maximum Gasteiger partial charge on any atom is 0.225 e. The highest BCUT2D eigenvalue weighted by atomic mass is 35.5. The molecule has 2 aliphatic rings. The van der Waals surface area contributed by atoms with Crippen LogP contribution in [0.1, 0.15) is 30.7 Å². The van der Waals surface area contributed by atoms with Gasteiger partial charge in [-0.05, 0) is 19.5 Å². The Hall–Kier alpha value is -1.60. The van der Waals surface area contributed by atoms with Crippen LogP contribution in [0.25, 0.3) is 0 Å². The van der Waals surface area contributed by atoms with Crippen LogP contribution in [0.5, 0.6) is 5.75 Å². The minimum absolute atomic E-state index is 0. The van der Waals surface area contributed by atoms with Gasteiger partial charge in [0, 0.05) is 69.6 Å². The van der Waals surface area contributed by atoms with Crippen LogP contribution in [-0.2, 0) is 19.5 Å². The smallest absolute Gasteiger partial charge is 0.225 e. The van der Waals surface area contributed by atoms with Gasteiger partial charge in [-0.15, -0.1) is 24.8 Å². The first-order valence-electron chi connectivity index (χ1n) is 10.5. The molecule has 0 N–H and O–H groups in total. The third-order valence-electron chi connectivity index (χ3n) is 5.77. The third kappa shape index (κ3) is 5.76. The van der Waals surface area contributed by atoms with Gasteiger partial charge in [0.25, 0.3) is 0 Å². The second kappa shape index (κ2) is 11.7. The Labute approximate surface area is 192 Å². The van der Waals surface area contributed by atoms with E-state index in [-0.39, 0.29) is 24.8 Å². The summed E-state index contributed by atoms with van der Waals surface area (Å²) in [6.07, 6.45) is 3.03. The number of hydrogen-bond acceptors (Lipinski definition) is 6. The van der Waals surface area contributed by atoms with Crippen LogP contribution >= 0.6 is 24.8 Å². The summed E-state index contributed by atoms with van der Waals surface area (Å²) in [7, 11) is 0. The number of para-hydroxylation sites is 1. The zero-order valence-corrected chi connectivity index (χ0v) is 19.6. The number of likely N-dealkylation sites (N-methyl/N-ethyl adjacent to an activating group) is 1. The van der Waals surface area contributed by atoms with Gasteiger partial charge in [0.15, 0.2) is 0 Å². The standard InChI is InChI=1S/C22H31N5O.2ClH/c1-3-25-11-13-27(14-12-25)22-23-15-19-17-26(10-9-20(19)24-22)16-18-7-5-6-8-21(18)28-4-2;;/h5-8,15H,3-4,9-14,16-17H2,1-2H3;2*1H. The number of aromatic nitrogens is 2. The molecule has 0 radical (unpaired) electrons. The minimum atomic E-state index is 0. The topological polar surface area (TPSA) is 44.7 Å². The Morgan fingerprint density at radius 3 is 2.47 bits per heavy atom. The number of piperazine rings is 1. The van der Waals surface area contributed by atoms with Crippen molar-refractivity contribution in [2.75, 3.05) is 50.8 Å². The van der Waals surface area contributed by atoms with Crippen molar-refractivity contribution in [3.05, 3.63) is 47.3 Å². The van der Waals surface area contributed by atoms with Crippen molar-refractivity contribution in [2.45, 2.75) is 33.4 Å². The zero-order valence-electron chi connectivity index (χ0n) is 17.9. The molecule has 0 saturated carbocycles. The normalized spacial score (nSPS) is 16.9. The second-order valence-corrected chi connectivity index (χ2v) is 7.56.